The lowest BCUT2D eigenvalue weighted by atomic mass is 10.3. The maximum atomic E-state index is 10.9. The third kappa shape index (κ3) is 2.90. The Balaban J connectivity index is 2.78. The van der Waals surface area contributed by atoms with Crippen molar-refractivity contribution in [1.82, 2.24) is 0 Å². The minimum Gasteiger partial charge on any atom is -0.411 e. The highest BCUT2D eigenvalue weighted by molar-refractivity contribution is 6.42. The van der Waals surface area contributed by atoms with Gasteiger partial charge in [0.1, 0.15) is 6.21 Å². The first-order valence-electron chi connectivity index (χ1n) is 3.57. The van der Waals surface area contributed by atoms with E-state index in [9.17, 15) is 4.79 Å². The second kappa shape index (κ2) is 4.83. The number of oxime groups is 1. The normalized spacial score (nSPS) is 10.4. The molecular weight excluding hydrogens is 227 g/mol. The number of rotatable bonds is 2. The molecule has 0 aliphatic carbocycles. The van der Waals surface area contributed by atoms with Crippen molar-refractivity contribution < 1.29 is 10.0 Å². The minimum atomic E-state index is -0.550. The smallest absolute Gasteiger partial charge is 0.270 e. The summed E-state index contributed by atoms with van der Waals surface area (Å²) >= 11 is 11.4. The molecule has 1 aromatic rings. The number of halogens is 2. The van der Waals surface area contributed by atoms with E-state index < -0.39 is 5.91 Å². The molecule has 1 rings (SSSR count). The Morgan fingerprint density at radius 1 is 1.43 bits per heavy atom. The lowest BCUT2D eigenvalue weighted by molar-refractivity contribution is -0.110. The van der Waals surface area contributed by atoms with E-state index in [2.05, 4.69) is 10.5 Å². The molecule has 14 heavy (non-hydrogen) atoms. The zero-order chi connectivity index (χ0) is 10.6. The van der Waals surface area contributed by atoms with Gasteiger partial charge in [-0.2, -0.15) is 0 Å². The number of amides is 1. The molecule has 0 spiro atoms. The lowest BCUT2D eigenvalue weighted by Gasteiger charge is -2.02. The number of carbonyl (C=O) groups excluding carboxylic acids is 1. The number of nitrogens with one attached hydrogen (secondary N) is 1. The van der Waals surface area contributed by atoms with Crippen LogP contribution in [-0.4, -0.2) is 17.3 Å². The van der Waals surface area contributed by atoms with Crippen LogP contribution in [0.4, 0.5) is 5.69 Å². The molecule has 0 fully saturated rings. The van der Waals surface area contributed by atoms with Crippen LogP contribution in [0.1, 0.15) is 0 Å². The zero-order valence-corrected chi connectivity index (χ0v) is 8.38. The summed E-state index contributed by atoms with van der Waals surface area (Å²) in [5.74, 6) is -0.550. The number of anilines is 1. The van der Waals surface area contributed by atoms with E-state index in [4.69, 9.17) is 28.4 Å². The van der Waals surface area contributed by atoms with Crippen LogP contribution in [0.3, 0.4) is 0 Å². The van der Waals surface area contributed by atoms with Crippen LogP contribution in [0, 0.1) is 0 Å². The third-order valence-corrected chi connectivity index (χ3v) is 2.10. The highest BCUT2D eigenvalue weighted by Crippen LogP contribution is 2.24. The maximum Gasteiger partial charge on any atom is 0.270 e. The molecule has 1 amide bonds. The Morgan fingerprint density at radius 3 is 2.71 bits per heavy atom. The SMILES string of the molecule is O=C(/C=N\O)Nc1ccc(Cl)c(Cl)c1. The van der Waals surface area contributed by atoms with Gasteiger partial charge in [-0.05, 0) is 18.2 Å². The van der Waals surface area contributed by atoms with Gasteiger partial charge in [0.2, 0.25) is 0 Å². The van der Waals surface area contributed by atoms with Gasteiger partial charge in [-0.15, -0.1) is 0 Å². The lowest BCUT2D eigenvalue weighted by Crippen LogP contribution is -2.12. The molecular formula is C8H6Cl2N2O2. The van der Waals surface area contributed by atoms with Crippen molar-refractivity contribution in [2.24, 2.45) is 5.16 Å². The van der Waals surface area contributed by atoms with Crippen molar-refractivity contribution in [2.45, 2.75) is 0 Å². The summed E-state index contributed by atoms with van der Waals surface area (Å²) in [6.45, 7) is 0. The van der Waals surface area contributed by atoms with Crippen LogP contribution in [0.25, 0.3) is 0 Å². The van der Waals surface area contributed by atoms with Crippen molar-refractivity contribution in [1.29, 1.82) is 0 Å². The van der Waals surface area contributed by atoms with Gasteiger partial charge in [0.25, 0.3) is 5.91 Å². The number of nitrogens with zero attached hydrogens (tertiary/aromatic N) is 1. The molecule has 0 saturated heterocycles. The summed E-state index contributed by atoms with van der Waals surface area (Å²) in [5.41, 5.74) is 0.476. The van der Waals surface area contributed by atoms with Gasteiger partial charge in [-0.1, -0.05) is 28.4 Å². The Morgan fingerprint density at radius 2 is 2.14 bits per heavy atom. The summed E-state index contributed by atoms with van der Waals surface area (Å²) in [7, 11) is 0. The van der Waals surface area contributed by atoms with E-state index in [1.54, 1.807) is 12.1 Å². The molecule has 6 heteroatoms. The molecule has 1 aromatic carbocycles. The van der Waals surface area contributed by atoms with Crippen molar-refractivity contribution in [3.05, 3.63) is 28.2 Å². The van der Waals surface area contributed by atoms with Gasteiger partial charge < -0.3 is 10.5 Å². The van der Waals surface area contributed by atoms with E-state index in [1.165, 1.54) is 6.07 Å². The topological polar surface area (TPSA) is 61.7 Å². The number of hydrogen-bond donors (Lipinski definition) is 2. The zero-order valence-electron chi connectivity index (χ0n) is 6.87. The highest BCUT2D eigenvalue weighted by atomic mass is 35.5. The Hall–Kier alpha value is -1.26. The predicted octanol–water partition coefficient (Wildman–Crippen LogP) is 2.39. The average Bonchev–Trinajstić information content (AvgIpc) is 2.12. The first-order valence-corrected chi connectivity index (χ1v) is 4.32. The molecule has 0 bridgehead atoms. The standard InChI is InChI=1S/C8H6Cl2N2O2/c9-6-2-1-5(3-7(6)10)12-8(13)4-11-14/h1-4,14H,(H,12,13)/b11-4-. The molecule has 4 nitrogen and oxygen atoms in total. The number of hydrogen-bond acceptors (Lipinski definition) is 3. The van der Waals surface area contributed by atoms with Gasteiger partial charge in [-0.25, -0.2) is 0 Å². The largest absolute Gasteiger partial charge is 0.411 e. The van der Waals surface area contributed by atoms with Crippen LogP contribution in [0.15, 0.2) is 23.4 Å². The fourth-order valence-corrected chi connectivity index (χ4v) is 1.10. The fraction of sp³-hybridized carbons (Fsp3) is 0. The number of carbonyl (C=O) groups is 1. The van der Waals surface area contributed by atoms with Crippen molar-refractivity contribution >= 4 is 41.0 Å². The van der Waals surface area contributed by atoms with E-state index in [0.29, 0.717) is 15.7 Å². The molecule has 0 radical (unpaired) electrons. The Bertz CT molecular complexity index is 380. The van der Waals surface area contributed by atoms with Crippen molar-refractivity contribution in [3.8, 4) is 0 Å². The molecule has 0 saturated carbocycles. The van der Waals surface area contributed by atoms with Gasteiger partial charge in [0.15, 0.2) is 0 Å². The Labute approximate surface area is 90.1 Å². The second-order valence-corrected chi connectivity index (χ2v) is 3.18. The van der Waals surface area contributed by atoms with Gasteiger partial charge in [0.05, 0.1) is 10.0 Å². The summed E-state index contributed by atoms with van der Waals surface area (Å²) in [5, 5.41) is 13.8. The molecule has 0 aromatic heterocycles. The van der Waals surface area contributed by atoms with Crippen LogP contribution in [0.2, 0.25) is 10.0 Å². The molecule has 0 unspecified atom stereocenters. The predicted molar refractivity (Wildman–Crippen MR) is 55.4 cm³/mol. The summed E-state index contributed by atoms with van der Waals surface area (Å²) in [6.07, 6.45) is 0.739. The van der Waals surface area contributed by atoms with E-state index in [0.717, 1.165) is 6.21 Å². The summed E-state index contributed by atoms with van der Waals surface area (Å²) in [4.78, 5) is 10.9. The molecule has 0 aliphatic rings. The molecule has 2 N–H and O–H groups in total. The van der Waals surface area contributed by atoms with E-state index in [-0.39, 0.29) is 0 Å². The van der Waals surface area contributed by atoms with E-state index >= 15 is 0 Å². The maximum absolute atomic E-state index is 10.9. The van der Waals surface area contributed by atoms with Gasteiger partial charge in [0, 0.05) is 5.69 Å². The first-order chi connectivity index (χ1) is 6.63. The van der Waals surface area contributed by atoms with Crippen molar-refractivity contribution in [2.75, 3.05) is 5.32 Å². The van der Waals surface area contributed by atoms with E-state index in [1.807, 2.05) is 0 Å². The second-order valence-electron chi connectivity index (χ2n) is 2.36. The monoisotopic (exact) mass is 232 g/mol. The fourth-order valence-electron chi connectivity index (χ4n) is 0.801. The first kappa shape index (κ1) is 10.8. The van der Waals surface area contributed by atoms with Crippen LogP contribution >= 0.6 is 23.2 Å². The Kier molecular flexibility index (Phi) is 3.73. The number of benzene rings is 1. The molecule has 0 atom stereocenters. The minimum absolute atomic E-state index is 0.338. The summed E-state index contributed by atoms with van der Waals surface area (Å²) in [6, 6.07) is 4.62. The highest BCUT2D eigenvalue weighted by Gasteiger charge is 2.01. The quantitative estimate of drug-likeness (QED) is 0.468. The van der Waals surface area contributed by atoms with Gasteiger partial charge >= 0.3 is 0 Å². The van der Waals surface area contributed by atoms with Crippen LogP contribution in [0.5, 0.6) is 0 Å². The average molecular weight is 233 g/mol. The van der Waals surface area contributed by atoms with Crippen LogP contribution in [-0.2, 0) is 4.79 Å². The molecule has 0 heterocycles. The van der Waals surface area contributed by atoms with Crippen molar-refractivity contribution in [3.63, 3.8) is 0 Å². The van der Waals surface area contributed by atoms with Gasteiger partial charge in [-0.3, -0.25) is 4.79 Å². The third-order valence-electron chi connectivity index (χ3n) is 1.36. The van der Waals surface area contributed by atoms with Crippen LogP contribution < -0.4 is 5.32 Å². The molecule has 74 valence electrons. The molecule has 0 aliphatic heterocycles. The summed E-state index contributed by atoms with van der Waals surface area (Å²) < 4.78 is 0.